The van der Waals surface area contributed by atoms with Gasteiger partial charge in [0.15, 0.2) is 8.07 Å². The molecule has 246 valence electrons. The maximum absolute atomic E-state index is 11.5. The zero-order valence-corrected chi connectivity index (χ0v) is 29.8. The summed E-state index contributed by atoms with van der Waals surface area (Å²) < 4.78 is 0. The van der Waals surface area contributed by atoms with Gasteiger partial charge >= 0.3 is 0 Å². The van der Waals surface area contributed by atoms with E-state index < -0.39 is 13.5 Å². The van der Waals surface area contributed by atoms with E-state index in [-0.39, 0.29) is 0 Å². The highest BCUT2D eigenvalue weighted by atomic mass is 28.3. The molecular weight excluding hydrogens is 643 g/mol. The molecule has 0 amide bonds. The number of benzene rings is 8. The van der Waals surface area contributed by atoms with Crippen molar-refractivity contribution in [1.82, 2.24) is 0 Å². The second-order valence-corrected chi connectivity index (χ2v) is 16.9. The van der Waals surface area contributed by atoms with Gasteiger partial charge in [0.05, 0.1) is 11.0 Å². The molecule has 0 bridgehead atoms. The largest absolute Gasteiger partial charge is 0.192 e. The van der Waals surface area contributed by atoms with Crippen LogP contribution in [0.1, 0.15) is 27.8 Å². The summed E-state index contributed by atoms with van der Waals surface area (Å²) in [5.41, 5.74) is 6.07. The highest BCUT2D eigenvalue weighted by Gasteiger charge is 2.46. The maximum Gasteiger partial charge on any atom is 0.179 e. The summed E-state index contributed by atoms with van der Waals surface area (Å²) >= 11 is 0. The van der Waals surface area contributed by atoms with Crippen LogP contribution in [0.3, 0.4) is 0 Å². The summed E-state index contributed by atoms with van der Waals surface area (Å²) in [5, 5.41) is 16.5. The van der Waals surface area contributed by atoms with Gasteiger partial charge in [0, 0.05) is 0 Å². The second-order valence-electron chi connectivity index (χ2n) is 13.1. The Hall–Kier alpha value is -6.53. The standard InChI is InChI=1S/C50H37NSi/c51-38-48-47(39-22-8-1-9-23-39)36-46(52(43-30-16-5-17-31-43,44-32-18-6-19-33-44)45-34-20-7-21-35-45)37-49(48)50(40-24-10-2-11-25-40,41-26-12-3-13-27-41)42-28-14-4-15-29-42/h1-37H. The van der Waals surface area contributed by atoms with Crippen molar-refractivity contribution in [1.29, 1.82) is 5.26 Å². The van der Waals surface area contributed by atoms with Crippen molar-refractivity contribution in [3.63, 3.8) is 0 Å². The van der Waals surface area contributed by atoms with Crippen LogP contribution in [0.4, 0.5) is 0 Å². The molecule has 0 unspecified atom stereocenters. The molecule has 8 rings (SSSR count). The summed E-state index contributed by atoms with van der Waals surface area (Å²) in [7, 11) is -3.02. The minimum atomic E-state index is -3.02. The van der Waals surface area contributed by atoms with E-state index in [2.05, 4.69) is 224 Å². The summed E-state index contributed by atoms with van der Waals surface area (Å²) in [6.07, 6.45) is 0. The molecule has 0 saturated heterocycles. The third-order valence-corrected chi connectivity index (χ3v) is 15.2. The average Bonchev–Trinajstić information content (AvgIpc) is 3.24. The van der Waals surface area contributed by atoms with Crippen molar-refractivity contribution >= 4 is 28.8 Å². The van der Waals surface area contributed by atoms with Crippen molar-refractivity contribution in [3.05, 3.63) is 252 Å². The summed E-state index contributed by atoms with van der Waals surface area (Å²) in [5.74, 6) is 0. The van der Waals surface area contributed by atoms with E-state index in [4.69, 9.17) is 0 Å². The number of nitrogens with zero attached hydrogens (tertiary/aromatic N) is 1. The van der Waals surface area contributed by atoms with Gasteiger partial charge in [-0.2, -0.15) is 5.26 Å². The second kappa shape index (κ2) is 14.4. The number of rotatable bonds is 9. The summed E-state index contributed by atoms with van der Waals surface area (Å²) in [6, 6.07) is 83.2. The first kappa shape index (κ1) is 32.7. The Morgan fingerprint density at radius 1 is 0.365 bits per heavy atom. The molecule has 52 heavy (non-hydrogen) atoms. The van der Waals surface area contributed by atoms with Crippen LogP contribution < -0.4 is 20.7 Å². The Kier molecular flexibility index (Phi) is 9.02. The van der Waals surface area contributed by atoms with E-state index in [1.807, 2.05) is 6.07 Å². The van der Waals surface area contributed by atoms with Crippen LogP contribution in [0, 0.1) is 11.3 Å². The van der Waals surface area contributed by atoms with Gasteiger partial charge in [0.25, 0.3) is 0 Å². The fraction of sp³-hybridized carbons (Fsp3) is 0.0200. The van der Waals surface area contributed by atoms with Gasteiger partial charge in [-0.05, 0) is 54.1 Å². The zero-order chi connectivity index (χ0) is 35.2. The van der Waals surface area contributed by atoms with Crippen LogP contribution in [-0.4, -0.2) is 8.07 Å². The fourth-order valence-corrected chi connectivity index (χ4v) is 13.0. The molecule has 0 N–H and O–H groups in total. The van der Waals surface area contributed by atoms with Crippen LogP contribution in [-0.2, 0) is 5.41 Å². The minimum absolute atomic E-state index is 0.670. The van der Waals surface area contributed by atoms with E-state index in [0.29, 0.717) is 5.56 Å². The van der Waals surface area contributed by atoms with Crippen LogP contribution in [0.15, 0.2) is 224 Å². The Morgan fingerprint density at radius 2 is 0.692 bits per heavy atom. The van der Waals surface area contributed by atoms with Crippen molar-refractivity contribution in [2.45, 2.75) is 5.41 Å². The van der Waals surface area contributed by atoms with Crippen molar-refractivity contribution < 1.29 is 0 Å². The van der Waals surface area contributed by atoms with Crippen LogP contribution >= 0.6 is 0 Å². The lowest BCUT2D eigenvalue weighted by Crippen LogP contribution is -2.74. The Balaban J connectivity index is 1.63. The van der Waals surface area contributed by atoms with Gasteiger partial charge in [-0.3, -0.25) is 0 Å². The first-order chi connectivity index (χ1) is 25.8. The highest BCUT2D eigenvalue weighted by Crippen LogP contribution is 2.47. The summed E-state index contributed by atoms with van der Waals surface area (Å²) in [4.78, 5) is 0. The number of hydrogen-bond acceptors (Lipinski definition) is 1. The number of nitriles is 1. The van der Waals surface area contributed by atoms with E-state index in [9.17, 15) is 5.26 Å². The Morgan fingerprint density at radius 3 is 1.04 bits per heavy atom. The molecule has 0 aliphatic carbocycles. The van der Waals surface area contributed by atoms with Gasteiger partial charge in [0.2, 0.25) is 0 Å². The first-order valence-corrected chi connectivity index (χ1v) is 19.8. The van der Waals surface area contributed by atoms with Gasteiger partial charge in [-0.25, -0.2) is 0 Å². The van der Waals surface area contributed by atoms with Crippen LogP contribution in [0.25, 0.3) is 11.1 Å². The predicted molar refractivity (Wildman–Crippen MR) is 219 cm³/mol. The van der Waals surface area contributed by atoms with Crippen molar-refractivity contribution in [2.75, 3.05) is 0 Å². The van der Waals surface area contributed by atoms with Gasteiger partial charge in [-0.15, -0.1) is 0 Å². The lowest BCUT2D eigenvalue weighted by Gasteiger charge is -2.40. The minimum Gasteiger partial charge on any atom is -0.192 e. The zero-order valence-electron chi connectivity index (χ0n) is 28.8. The van der Waals surface area contributed by atoms with Gasteiger partial charge in [0.1, 0.15) is 6.07 Å². The normalized spacial score (nSPS) is 11.4. The molecule has 0 saturated carbocycles. The highest BCUT2D eigenvalue weighted by molar-refractivity contribution is 7.20. The molecule has 8 aromatic rings. The Bertz CT molecular complexity index is 2230. The molecule has 2 heteroatoms. The molecule has 0 aliphatic heterocycles. The molecule has 0 aliphatic rings. The first-order valence-electron chi connectivity index (χ1n) is 17.8. The quantitative estimate of drug-likeness (QED) is 0.110. The fourth-order valence-electron chi connectivity index (χ4n) is 8.22. The lowest BCUT2D eigenvalue weighted by molar-refractivity contribution is 0.743. The molecule has 0 fully saturated rings. The molecule has 0 radical (unpaired) electrons. The maximum atomic E-state index is 11.5. The third kappa shape index (κ3) is 5.49. The summed E-state index contributed by atoms with van der Waals surface area (Å²) in [6.45, 7) is 0. The molecule has 1 nitrogen and oxygen atoms in total. The van der Waals surface area contributed by atoms with E-state index in [0.717, 1.165) is 33.4 Å². The molecule has 0 aromatic heterocycles. The van der Waals surface area contributed by atoms with E-state index >= 15 is 0 Å². The smallest absolute Gasteiger partial charge is 0.179 e. The van der Waals surface area contributed by atoms with Crippen molar-refractivity contribution in [3.8, 4) is 17.2 Å². The third-order valence-electron chi connectivity index (χ3n) is 10.4. The lowest BCUT2D eigenvalue weighted by atomic mass is 9.63. The topological polar surface area (TPSA) is 23.8 Å². The monoisotopic (exact) mass is 679 g/mol. The van der Waals surface area contributed by atoms with E-state index in [1.54, 1.807) is 0 Å². The van der Waals surface area contributed by atoms with Crippen molar-refractivity contribution in [2.24, 2.45) is 0 Å². The van der Waals surface area contributed by atoms with Gasteiger partial charge < -0.3 is 0 Å². The predicted octanol–water partition coefficient (Wildman–Crippen LogP) is 8.99. The van der Waals surface area contributed by atoms with Crippen LogP contribution in [0.2, 0.25) is 0 Å². The number of hydrogen-bond donors (Lipinski definition) is 0. The molecule has 0 heterocycles. The SMILES string of the molecule is N#Cc1c(-c2ccccc2)cc([Si](c2ccccc2)(c2ccccc2)c2ccccc2)cc1C(c1ccccc1)(c1ccccc1)c1ccccc1. The van der Waals surface area contributed by atoms with Crippen LogP contribution in [0.5, 0.6) is 0 Å². The molecule has 0 atom stereocenters. The molecular formula is C50H37NSi. The molecule has 8 aromatic carbocycles. The molecule has 0 spiro atoms. The van der Waals surface area contributed by atoms with Gasteiger partial charge in [-0.1, -0.05) is 224 Å². The van der Waals surface area contributed by atoms with E-state index in [1.165, 1.54) is 20.7 Å². The Labute approximate surface area is 307 Å². The average molecular weight is 680 g/mol.